The van der Waals surface area contributed by atoms with Crippen molar-refractivity contribution in [2.45, 2.75) is 12.1 Å². The molecule has 62 valence electrons. The molecule has 1 heterocycles. The van der Waals surface area contributed by atoms with Crippen LogP contribution in [0.2, 0.25) is 0 Å². The van der Waals surface area contributed by atoms with Gasteiger partial charge in [0.25, 0.3) is 0 Å². The Hall–Kier alpha value is -1.08. The number of rotatable bonds is 3. The predicted octanol–water partition coefficient (Wildman–Crippen LogP) is 1.23. The van der Waals surface area contributed by atoms with Crippen LogP contribution in [-0.2, 0) is 0 Å². The van der Waals surface area contributed by atoms with Gasteiger partial charge in [-0.15, -0.1) is 12.3 Å². The zero-order chi connectivity index (χ0) is 8.81. The summed E-state index contributed by atoms with van der Waals surface area (Å²) in [6.45, 7) is 1.99. The first-order valence-corrected chi connectivity index (χ1v) is 4.52. The maximum absolute atomic E-state index is 5.22. The molecular formula is C8H9N3S. The highest BCUT2D eigenvalue weighted by Crippen LogP contribution is 2.14. The van der Waals surface area contributed by atoms with Crippen molar-refractivity contribution < 1.29 is 0 Å². The van der Waals surface area contributed by atoms with E-state index in [0.29, 0.717) is 0 Å². The molecule has 0 saturated heterocycles. The summed E-state index contributed by atoms with van der Waals surface area (Å²) < 4.78 is 0. The van der Waals surface area contributed by atoms with Gasteiger partial charge in [-0.25, -0.2) is 15.0 Å². The minimum absolute atomic E-state index is 0.256. The lowest BCUT2D eigenvalue weighted by Gasteiger charge is -2.00. The third-order valence-electron chi connectivity index (χ3n) is 1.22. The number of hydrogen-bond donors (Lipinski definition) is 0. The average Bonchev–Trinajstić information content (AvgIpc) is 2.16. The van der Waals surface area contributed by atoms with Gasteiger partial charge in [0.05, 0.1) is 0 Å². The van der Waals surface area contributed by atoms with Crippen LogP contribution in [-0.4, -0.2) is 20.7 Å². The van der Waals surface area contributed by atoms with Crippen LogP contribution in [0.25, 0.3) is 0 Å². The van der Waals surface area contributed by atoms with Gasteiger partial charge in [-0.2, -0.15) is 0 Å². The van der Waals surface area contributed by atoms with Crippen LogP contribution in [0.5, 0.6) is 0 Å². The third-order valence-corrected chi connectivity index (χ3v) is 2.35. The first kappa shape index (κ1) is 9.01. The fraction of sp³-hybridized carbons (Fsp3) is 0.375. The van der Waals surface area contributed by atoms with Crippen molar-refractivity contribution >= 4 is 11.8 Å². The SMILES string of the molecule is C#CC(C)CSc1ncncn1. The Balaban J connectivity index is 2.40. The molecule has 0 saturated carbocycles. The molecule has 0 aliphatic heterocycles. The number of aromatic nitrogens is 3. The molecular weight excluding hydrogens is 170 g/mol. The Bertz CT molecular complexity index is 267. The van der Waals surface area contributed by atoms with Gasteiger partial charge in [0, 0.05) is 11.7 Å². The molecule has 1 aromatic rings. The fourth-order valence-corrected chi connectivity index (χ4v) is 1.29. The van der Waals surface area contributed by atoms with Gasteiger partial charge in [0.2, 0.25) is 0 Å². The standard InChI is InChI=1S/C8H9N3S/c1-3-7(2)4-12-8-10-5-9-6-11-8/h1,5-7H,4H2,2H3. The fourth-order valence-electron chi connectivity index (χ4n) is 0.551. The molecule has 0 N–H and O–H groups in total. The van der Waals surface area contributed by atoms with Crippen molar-refractivity contribution in [3.05, 3.63) is 12.7 Å². The van der Waals surface area contributed by atoms with E-state index < -0.39 is 0 Å². The lowest BCUT2D eigenvalue weighted by molar-refractivity contribution is 0.862. The second-order valence-corrected chi connectivity index (χ2v) is 3.29. The van der Waals surface area contributed by atoms with Crippen LogP contribution in [0, 0.1) is 18.3 Å². The van der Waals surface area contributed by atoms with Crippen molar-refractivity contribution in [1.29, 1.82) is 0 Å². The van der Waals surface area contributed by atoms with E-state index >= 15 is 0 Å². The van der Waals surface area contributed by atoms with Crippen molar-refractivity contribution in [2.24, 2.45) is 5.92 Å². The van der Waals surface area contributed by atoms with Crippen LogP contribution in [0.15, 0.2) is 17.8 Å². The van der Waals surface area contributed by atoms with E-state index in [2.05, 4.69) is 20.9 Å². The van der Waals surface area contributed by atoms with Gasteiger partial charge in [-0.3, -0.25) is 0 Å². The zero-order valence-electron chi connectivity index (χ0n) is 6.77. The third kappa shape index (κ3) is 2.89. The lowest BCUT2D eigenvalue weighted by Crippen LogP contribution is -1.95. The average molecular weight is 179 g/mol. The van der Waals surface area contributed by atoms with E-state index in [1.807, 2.05) is 6.92 Å². The van der Waals surface area contributed by atoms with Crippen LogP contribution >= 0.6 is 11.8 Å². The highest BCUT2D eigenvalue weighted by molar-refractivity contribution is 7.99. The summed E-state index contributed by atoms with van der Waals surface area (Å²) in [7, 11) is 0. The minimum atomic E-state index is 0.256. The van der Waals surface area contributed by atoms with Crippen molar-refractivity contribution in [2.75, 3.05) is 5.75 Å². The van der Waals surface area contributed by atoms with Gasteiger partial charge in [-0.05, 0) is 0 Å². The van der Waals surface area contributed by atoms with Gasteiger partial charge >= 0.3 is 0 Å². The molecule has 0 spiro atoms. The molecule has 0 amide bonds. The Kier molecular flexibility index (Phi) is 3.55. The molecule has 0 aliphatic rings. The normalized spacial score (nSPS) is 12.0. The molecule has 12 heavy (non-hydrogen) atoms. The van der Waals surface area contributed by atoms with Crippen molar-refractivity contribution in [3.8, 4) is 12.3 Å². The molecule has 0 fully saturated rings. The van der Waals surface area contributed by atoms with Crippen LogP contribution in [0.3, 0.4) is 0 Å². The molecule has 1 atom stereocenters. The molecule has 4 heteroatoms. The van der Waals surface area contributed by atoms with Gasteiger partial charge in [0.15, 0.2) is 5.16 Å². The second kappa shape index (κ2) is 4.73. The smallest absolute Gasteiger partial charge is 0.190 e. The first-order valence-electron chi connectivity index (χ1n) is 3.54. The van der Waals surface area contributed by atoms with Crippen LogP contribution < -0.4 is 0 Å². The summed E-state index contributed by atoms with van der Waals surface area (Å²) in [5, 5.41) is 0.729. The van der Waals surface area contributed by atoms with Crippen molar-refractivity contribution in [3.63, 3.8) is 0 Å². The Morgan fingerprint density at radius 1 is 1.58 bits per heavy atom. The molecule has 3 nitrogen and oxygen atoms in total. The topological polar surface area (TPSA) is 38.7 Å². The molecule has 1 rings (SSSR count). The van der Waals surface area contributed by atoms with Gasteiger partial charge in [-0.1, -0.05) is 18.7 Å². The van der Waals surface area contributed by atoms with E-state index in [0.717, 1.165) is 10.9 Å². The van der Waals surface area contributed by atoms with Gasteiger partial charge in [0.1, 0.15) is 12.7 Å². The summed E-state index contributed by atoms with van der Waals surface area (Å²) >= 11 is 1.55. The molecule has 0 radical (unpaired) electrons. The van der Waals surface area contributed by atoms with Crippen LogP contribution in [0.4, 0.5) is 0 Å². The molecule has 0 aromatic carbocycles. The van der Waals surface area contributed by atoms with E-state index in [1.54, 1.807) is 11.8 Å². The maximum atomic E-state index is 5.22. The maximum Gasteiger partial charge on any atom is 0.190 e. The highest BCUT2D eigenvalue weighted by Gasteiger charge is 2.00. The molecule has 0 aliphatic carbocycles. The summed E-state index contributed by atoms with van der Waals surface area (Å²) in [5.41, 5.74) is 0. The molecule has 1 unspecified atom stereocenters. The molecule has 1 aromatic heterocycles. The molecule has 0 bridgehead atoms. The Morgan fingerprint density at radius 3 is 2.83 bits per heavy atom. The Morgan fingerprint density at radius 2 is 2.25 bits per heavy atom. The Labute approximate surface area is 76.0 Å². The quantitative estimate of drug-likeness (QED) is 0.517. The number of thioether (sulfide) groups is 1. The van der Waals surface area contributed by atoms with E-state index in [9.17, 15) is 0 Å². The number of nitrogens with zero attached hydrogens (tertiary/aromatic N) is 3. The van der Waals surface area contributed by atoms with Gasteiger partial charge < -0.3 is 0 Å². The predicted molar refractivity (Wildman–Crippen MR) is 48.5 cm³/mol. The largest absolute Gasteiger partial charge is 0.225 e. The number of hydrogen-bond acceptors (Lipinski definition) is 4. The lowest BCUT2D eigenvalue weighted by atomic mass is 10.2. The van der Waals surface area contributed by atoms with Crippen LogP contribution in [0.1, 0.15) is 6.92 Å². The summed E-state index contributed by atoms with van der Waals surface area (Å²) in [5.74, 6) is 3.75. The van der Waals surface area contributed by atoms with E-state index in [4.69, 9.17) is 6.42 Å². The summed E-state index contributed by atoms with van der Waals surface area (Å²) in [4.78, 5) is 11.6. The van der Waals surface area contributed by atoms with E-state index in [1.165, 1.54) is 12.7 Å². The highest BCUT2D eigenvalue weighted by atomic mass is 32.2. The summed E-state index contributed by atoms with van der Waals surface area (Å²) in [6.07, 6.45) is 8.18. The minimum Gasteiger partial charge on any atom is -0.225 e. The van der Waals surface area contributed by atoms with E-state index in [-0.39, 0.29) is 5.92 Å². The van der Waals surface area contributed by atoms with Crippen molar-refractivity contribution in [1.82, 2.24) is 15.0 Å². The zero-order valence-corrected chi connectivity index (χ0v) is 7.58. The monoisotopic (exact) mass is 179 g/mol. The number of terminal acetylenes is 1. The first-order chi connectivity index (χ1) is 5.83. The summed E-state index contributed by atoms with van der Waals surface area (Å²) in [6, 6.07) is 0. The second-order valence-electron chi connectivity index (χ2n) is 2.30.